The van der Waals surface area contributed by atoms with E-state index in [4.69, 9.17) is 4.74 Å². The van der Waals surface area contributed by atoms with Crippen molar-refractivity contribution in [3.8, 4) is 0 Å². The van der Waals surface area contributed by atoms with Crippen LogP contribution < -0.4 is 0 Å². The number of amides is 1. The van der Waals surface area contributed by atoms with Gasteiger partial charge in [0.05, 0.1) is 5.01 Å². The molecule has 2 rings (SSSR count). The molecule has 1 amide bonds. The molecule has 0 aromatic carbocycles. The number of carbonyl (C=O) groups is 1. The summed E-state index contributed by atoms with van der Waals surface area (Å²) in [6, 6.07) is 0. The van der Waals surface area contributed by atoms with Crippen molar-refractivity contribution >= 4 is 17.2 Å². The quantitative estimate of drug-likeness (QED) is 0.826. The molecule has 0 unspecified atom stereocenters. The molecule has 1 aliphatic heterocycles. The van der Waals surface area contributed by atoms with Crippen molar-refractivity contribution in [2.75, 3.05) is 26.8 Å². The van der Waals surface area contributed by atoms with Gasteiger partial charge < -0.3 is 9.64 Å². The first-order chi connectivity index (χ1) is 8.20. The summed E-state index contributed by atoms with van der Waals surface area (Å²) in [4.78, 5) is 18.2. The third-order valence-electron chi connectivity index (χ3n) is 3.03. The molecule has 1 atom stereocenters. The topological polar surface area (TPSA) is 42.4 Å². The summed E-state index contributed by atoms with van der Waals surface area (Å²) in [5.41, 5.74) is 1.07. The van der Waals surface area contributed by atoms with Gasteiger partial charge in [-0.05, 0) is 19.8 Å². The lowest BCUT2D eigenvalue weighted by atomic mass is 9.99. The van der Waals surface area contributed by atoms with Crippen LogP contribution in [0, 0.1) is 6.92 Å². The van der Waals surface area contributed by atoms with Gasteiger partial charge in [-0.25, -0.2) is 4.98 Å². The van der Waals surface area contributed by atoms with Crippen molar-refractivity contribution in [1.82, 2.24) is 9.88 Å². The summed E-state index contributed by atoms with van der Waals surface area (Å²) in [6.45, 7) is 3.83. The van der Waals surface area contributed by atoms with E-state index in [-0.39, 0.29) is 12.5 Å². The number of thiazole rings is 1. The highest BCUT2D eigenvalue weighted by Gasteiger charge is 2.26. The molecule has 1 aromatic rings. The molecule has 1 saturated heterocycles. The maximum atomic E-state index is 11.8. The Hall–Kier alpha value is -0.940. The standard InChI is InChI=1S/C12H18N2O2S/c1-9-8-17-12(13-9)10-4-3-5-14(6-10)11(15)7-16-2/h8,10H,3-7H2,1-2H3/t10-/m1/s1. The van der Waals surface area contributed by atoms with Crippen molar-refractivity contribution < 1.29 is 9.53 Å². The van der Waals surface area contributed by atoms with Crippen molar-refractivity contribution in [3.05, 3.63) is 16.1 Å². The van der Waals surface area contributed by atoms with E-state index in [1.54, 1.807) is 18.4 Å². The number of ether oxygens (including phenoxy) is 1. The maximum Gasteiger partial charge on any atom is 0.248 e. The highest BCUT2D eigenvalue weighted by molar-refractivity contribution is 7.09. The minimum absolute atomic E-state index is 0.0884. The number of rotatable bonds is 3. The number of aryl methyl sites for hydroxylation is 1. The van der Waals surface area contributed by atoms with Gasteiger partial charge in [0.25, 0.3) is 0 Å². The zero-order valence-electron chi connectivity index (χ0n) is 10.3. The zero-order valence-corrected chi connectivity index (χ0v) is 11.1. The van der Waals surface area contributed by atoms with E-state index < -0.39 is 0 Å². The molecule has 0 N–H and O–H groups in total. The van der Waals surface area contributed by atoms with Crippen LogP contribution in [0.5, 0.6) is 0 Å². The molecule has 0 bridgehead atoms. The molecular weight excluding hydrogens is 236 g/mol. The molecule has 1 fully saturated rings. The fraction of sp³-hybridized carbons (Fsp3) is 0.667. The van der Waals surface area contributed by atoms with Gasteiger partial charge in [0.2, 0.25) is 5.91 Å². The molecule has 94 valence electrons. The number of methoxy groups -OCH3 is 1. The van der Waals surface area contributed by atoms with Crippen molar-refractivity contribution in [2.24, 2.45) is 0 Å². The Labute approximate surface area is 106 Å². The highest BCUT2D eigenvalue weighted by Crippen LogP contribution is 2.29. The van der Waals surface area contributed by atoms with E-state index in [0.717, 1.165) is 36.6 Å². The first-order valence-corrected chi connectivity index (χ1v) is 6.77. The van der Waals surface area contributed by atoms with Crippen LogP contribution >= 0.6 is 11.3 Å². The summed E-state index contributed by atoms with van der Waals surface area (Å²) in [6.07, 6.45) is 2.18. The smallest absolute Gasteiger partial charge is 0.248 e. The Morgan fingerprint density at radius 2 is 2.53 bits per heavy atom. The van der Waals surface area contributed by atoms with Crippen LogP contribution in [0.3, 0.4) is 0 Å². The maximum absolute atomic E-state index is 11.8. The summed E-state index contributed by atoms with van der Waals surface area (Å²) in [5, 5.41) is 3.24. The fourth-order valence-corrected chi connectivity index (χ4v) is 3.11. The second-order valence-electron chi connectivity index (χ2n) is 4.44. The summed E-state index contributed by atoms with van der Waals surface area (Å²) in [7, 11) is 1.56. The normalized spacial score (nSPS) is 20.6. The minimum Gasteiger partial charge on any atom is -0.375 e. The van der Waals surface area contributed by atoms with Crippen molar-refractivity contribution in [2.45, 2.75) is 25.7 Å². The van der Waals surface area contributed by atoms with Gasteiger partial charge in [0.1, 0.15) is 6.61 Å². The molecular formula is C12H18N2O2S. The monoisotopic (exact) mass is 254 g/mol. The first kappa shape index (κ1) is 12.5. The van der Waals surface area contributed by atoms with Crippen LogP contribution in [0.2, 0.25) is 0 Å². The van der Waals surface area contributed by atoms with E-state index in [1.807, 2.05) is 11.8 Å². The second kappa shape index (κ2) is 5.60. The summed E-state index contributed by atoms with van der Waals surface area (Å²) in [5.74, 6) is 0.494. The van der Waals surface area contributed by atoms with Crippen LogP contribution in [0.25, 0.3) is 0 Å². The molecule has 4 nitrogen and oxygen atoms in total. The number of carbonyl (C=O) groups excluding carboxylic acids is 1. The predicted molar refractivity (Wildman–Crippen MR) is 67.3 cm³/mol. The molecule has 17 heavy (non-hydrogen) atoms. The molecule has 5 heteroatoms. The predicted octanol–water partition coefficient (Wildman–Crippen LogP) is 1.80. The van der Waals surface area contributed by atoms with Crippen LogP contribution in [0.4, 0.5) is 0 Å². The lowest BCUT2D eigenvalue weighted by Gasteiger charge is -2.31. The van der Waals surface area contributed by atoms with Gasteiger partial charge in [-0.15, -0.1) is 11.3 Å². The third-order valence-corrected chi connectivity index (χ3v) is 4.15. The fourth-order valence-electron chi connectivity index (χ4n) is 2.18. The number of nitrogens with zero attached hydrogens (tertiary/aromatic N) is 2. The largest absolute Gasteiger partial charge is 0.375 e. The SMILES string of the molecule is COCC(=O)N1CCC[C@@H](c2nc(C)cs2)C1. The van der Waals surface area contributed by atoms with Gasteiger partial charge in [0.15, 0.2) is 0 Å². The van der Waals surface area contributed by atoms with E-state index in [0.29, 0.717) is 5.92 Å². The van der Waals surface area contributed by atoms with E-state index in [1.165, 1.54) is 0 Å². The van der Waals surface area contributed by atoms with Gasteiger partial charge in [-0.1, -0.05) is 0 Å². The van der Waals surface area contributed by atoms with E-state index in [2.05, 4.69) is 10.4 Å². The van der Waals surface area contributed by atoms with E-state index in [9.17, 15) is 4.79 Å². The van der Waals surface area contributed by atoms with E-state index >= 15 is 0 Å². The second-order valence-corrected chi connectivity index (χ2v) is 5.33. The van der Waals surface area contributed by atoms with Gasteiger partial charge in [0, 0.05) is 37.2 Å². The lowest BCUT2D eigenvalue weighted by Crippen LogP contribution is -2.40. The summed E-state index contributed by atoms with van der Waals surface area (Å²) < 4.78 is 4.90. The Balaban J connectivity index is 1.99. The van der Waals surface area contributed by atoms with Gasteiger partial charge in [-0.2, -0.15) is 0 Å². The number of piperidine rings is 1. The molecule has 0 saturated carbocycles. The first-order valence-electron chi connectivity index (χ1n) is 5.89. The molecule has 1 aromatic heterocycles. The van der Waals surface area contributed by atoms with Gasteiger partial charge >= 0.3 is 0 Å². The lowest BCUT2D eigenvalue weighted by molar-refractivity contribution is -0.136. The Bertz CT molecular complexity index is 392. The molecule has 2 heterocycles. The third kappa shape index (κ3) is 3.04. The Morgan fingerprint density at radius 1 is 1.71 bits per heavy atom. The van der Waals surface area contributed by atoms with Crippen LogP contribution in [-0.2, 0) is 9.53 Å². The van der Waals surface area contributed by atoms with Crippen molar-refractivity contribution in [3.63, 3.8) is 0 Å². The van der Waals surface area contributed by atoms with Gasteiger partial charge in [-0.3, -0.25) is 4.79 Å². The average Bonchev–Trinajstić information content (AvgIpc) is 2.76. The number of hydrogen-bond acceptors (Lipinski definition) is 4. The van der Waals surface area contributed by atoms with Crippen LogP contribution in [0.1, 0.15) is 29.5 Å². The van der Waals surface area contributed by atoms with Crippen LogP contribution in [-0.4, -0.2) is 42.6 Å². The molecule has 0 spiro atoms. The number of likely N-dealkylation sites (tertiary alicyclic amines) is 1. The Kier molecular flexibility index (Phi) is 4.12. The summed E-state index contributed by atoms with van der Waals surface area (Å²) >= 11 is 1.70. The zero-order chi connectivity index (χ0) is 12.3. The minimum atomic E-state index is 0.0884. The average molecular weight is 254 g/mol. The molecule has 0 aliphatic carbocycles. The molecule has 0 radical (unpaired) electrons. The number of aromatic nitrogens is 1. The van der Waals surface area contributed by atoms with Crippen molar-refractivity contribution in [1.29, 1.82) is 0 Å². The number of hydrogen-bond donors (Lipinski definition) is 0. The van der Waals surface area contributed by atoms with Crippen LogP contribution in [0.15, 0.2) is 5.38 Å². The highest BCUT2D eigenvalue weighted by atomic mass is 32.1. The molecule has 1 aliphatic rings. The Morgan fingerprint density at radius 3 is 3.18 bits per heavy atom.